The molecule has 1 aromatic heterocycles. The molecule has 0 fully saturated rings. The van der Waals surface area contributed by atoms with Crippen LogP contribution < -0.4 is 14.8 Å². The number of hydrogen-bond donors (Lipinski definition) is 2. The van der Waals surface area contributed by atoms with E-state index in [2.05, 4.69) is 28.5 Å². The van der Waals surface area contributed by atoms with Crippen molar-refractivity contribution in [1.82, 2.24) is 9.88 Å². The Balaban J connectivity index is 1.49. The Labute approximate surface area is 174 Å². The van der Waals surface area contributed by atoms with Gasteiger partial charge in [-0.3, -0.25) is 0 Å². The lowest BCUT2D eigenvalue weighted by Crippen LogP contribution is -2.38. The smallest absolute Gasteiger partial charge is 0.322 e. The van der Waals surface area contributed by atoms with Gasteiger partial charge >= 0.3 is 6.03 Å². The molecule has 2 N–H and O–H groups in total. The zero-order valence-electron chi connectivity index (χ0n) is 16.3. The number of aromatic nitrogens is 1. The number of hydrogen-bond acceptors (Lipinski definition) is 3. The van der Waals surface area contributed by atoms with Gasteiger partial charge in [-0.15, -0.1) is 0 Å². The summed E-state index contributed by atoms with van der Waals surface area (Å²) in [4.78, 5) is 17.8. The van der Waals surface area contributed by atoms with Crippen molar-refractivity contribution in [2.45, 2.75) is 6.42 Å². The van der Waals surface area contributed by atoms with Crippen LogP contribution in [0.15, 0.2) is 48.7 Å². The first-order valence-corrected chi connectivity index (χ1v) is 9.71. The first-order valence-electron chi connectivity index (χ1n) is 9.33. The quantitative estimate of drug-likeness (QED) is 0.623. The highest BCUT2D eigenvalue weighted by Gasteiger charge is 2.21. The number of nitrogens with zero attached hydrogens (tertiary/aromatic N) is 1. The highest BCUT2D eigenvalue weighted by molar-refractivity contribution is 6.32. The molecule has 2 aromatic carbocycles. The van der Waals surface area contributed by atoms with Gasteiger partial charge in [-0.25, -0.2) is 4.79 Å². The number of halogens is 1. The number of carbonyl (C=O) groups excluding carboxylic acids is 1. The maximum atomic E-state index is 12.8. The number of carbonyl (C=O) groups is 1. The van der Waals surface area contributed by atoms with Gasteiger partial charge in [-0.05, 0) is 24.1 Å². The fourth-order valence-corrected chi connectivity index (χ4v) is 3.83. The number of aromatic amines is 1. The number of ether oxygens (including phenoxy) is 2. The van der Waals surface area contributed by atoms with Crippen molar-refractivity contribution in [1.29, 1.82) is 0 Å². The molecule has 6 nitrogen and oxygen atoms in total. The Hall–Kier alpha value is -3.12. The third kappa shape index (κ3) is 3.76. The molecule has 2 amide bonds. The number of para-hydroxylation sites is 1. The van der Waals surface area contributed by atoms with Crippen LogP contribution in [0.1, 0.15) is 12.0 Å². The summed E-state index contributed by atoms with van der Waals surface area (Å²) in [6.45, 7) is 1.16. The normalized spacial score (nSPS) is 13.9. The second-order valence-electron chi connectivity index (χ2n) is 6.79. The van der Waals surface area contributed by atoms with E-state index in [-0.39, 0.29) is 6.03 Å². The van der Waals surface area contributed by atoms with Gasteiger partial charge in [0, 0.05) is 41.8 Å². The monoisotopic (exact) mass is 411 g/mol. The molecule has 0 aliphatic carbocycles. The van der Waals surface area contributed by atoms with Gasteiger partial charge in [-0.2, -0.15) is 0 Å². The number of fused-ring (bicyclic) bond motifs is 1. The molecule has 0 radical (unpaired) electrons. The molecule has 0 spiro atoms. The predicted octanol–water partition coefficient (Wildman–Crippen LogP) is 5.16. The van der Waals surface area contributed by atoms with Crippen LogP contribution in [0.2, 0.25) is 5.02 Å². The fourth-order valence-electron chi connectivity index (χ4n) is 3.59. The van der Waals surface area contributed by atoms with E-state index < -0.39 is 0 Å². The standard InChI is InChI=1S/C22H22ClN3O3/c1-28-20-12-21(29-2)19(11-17(20)23)25-22(27)26-9-7-14(8-10-26)16-13-24-18-6-4-3-5-15(16)18/h3-7,11-13,24H,8-10H2,1-2H3,(H,25,27). The molecule has 7 heteroatoms. The second-order valence-corrected chi connectivity index (χ2v) is 7.20. The number of benzene rings is 2. The minimum Gasteiger partial charge on any atom is -0.495 e. The van der Waals surface area contributed by atoms with Crippen molar-refractivity contribution >= 4 is 39.8 Å². The maximum Gasteiger partial charge on any atom is 0.322 e. The molecule has 1 aliphatic heterocycles. The van der Waals surface area contributed by atoms with Gasteiger partial charge in [0.1, 0.15) is 11.5 Å². The van der Waals surface area contributed by atoms with E-state index in [4.69, 9.17) is 21.1 Å². The Morgan fingerprint density at radius 2 is 1.97 bits per heavy atom. The van der Waals surface area contributed by atoms with Crippen molar-refractivity contribution in [2.75, 3.05) is 32.6 Å². The summed E-state index contributed by atoms with van der Waals surface area (Å²) in [5, 5.41) is 4.50. The SMILES string of the molecule is COc1cc(OC)c(NC(=O)N2CC=C(c3c[nH]c4ccccc34)CC2)cc1Cl. The average molecular weight is 412 g/mol. The van der Waals surface area contributed by atoms with Crippen LogP contribution in [0.4, 0.5) is 10.5 Å². The molecule has 0 saturated heterocycles. The van der Waals surface area contributed by atoms with Crippen LogP contribution in [0, 0.1) is 0 Å². The number of anilines is 1. The third-order valence-corrected chi connectivity index (χ3v) is 5.44. The van der Waals surface area contributed by atoms with Crippen LogP contribution in [-0.2, 0) is 0 Å². The van der Waals surface area contributed by atoms with E-state index >= 15 is 0 Å². The van der Waals surface area contributed by atoms with Gasteiger partial charge in [0.05, 0.1) is 24.9 Å². The lowest BCUT2D eigenvalue weighted by Gasteiger charge is -2.27. The molecule has 0 atom stereocenters. The fraction of sp³-hybridized carbons (Fsp3) is 0.227. The average Bonchev–Trinajstić information content (AvgIpc) is 3.18. The molecular formula is C22H22ClN3O3. The van der Waals surface area contributed by atoms with Crippen LogP contribution in [0.3, 0.4) is 0 Å². The van der Waals surface area contributed by atoms with E-state index in [0.29, 0.717) is 35.3 Å². The summed E-state index contributed by atoms with van der Waals surface area (Å²) < 4.78 is 10.5. The summed E-state index contributed by atoms with van der Waals surface area (Å²) in [5.41, 5.74) is 4.07. The summed E-state index contributed by atoms with van der Waals surface area (Å²) in [6, 6.07) is 11.3. The van der Waals surface area contributed by atoms with E-state index in [1.165, 1.54) is 30.7 Å². The molecular weight excluding hydrogens is 390 g/mol. The maximum absolute atomic E-state index is 12.8. The Morgan fingerprint density at radius 1 is 1.17 bits per heavy atom. The first-order chi connectivity index (χ1) is 14.1. The first kappa shape index (κ1) is 19.2. The van der Waals surface area contributed by atoms with Crippen LogP contribution in [0.5, 0.6) is 11.5 Å². The molecule has 29 heavy (non-hydrogen) atoms. The van der Waals surface area contributed by atoms with Crippen LogP contribution in [0.25, 0.3) is 16.5 Å². The number of nitrogens with one attached hydrogen (secondary N) is 2. The zero-order valence-corrected chi connectivity index (χ0v) is 17.0. The van der Waals surface area contributed by atoms with Gasteiger partial charge < -0.3 is 24.7 Å². The van der Waals surface area contributed by atoms with Crippen molar-refractivity contribution in [3.63, 3.8) is 0 Å². The van der Waals surface area contributed by atoms with Gasteiger partial charge in [0.2, 0.25) is 0 Å². The van der Waals surface area contributed by atoms with E-state index in [1.807, 2.05) is 18.3 Å². The Morgan fingerprint density at radius 3 is 2.69 bits per heavy atom. The minimum absolute atomic E-state index is 0.196. The van der Waals surface area contributed by atoms with Gasteiger partial charge in [0.15, 0.2) is 0 Å². The number of rotatable bonds is 4. The molecule has 3 aromatic rings. The summed E-state index contributed by atoms with van der Waals surface area (Å²) in [5.74, 6) is 0.984. The van der Waals surface area contributed by atoms with Crippen LogP contribution >= 0.6 is 11.6 Å². The van der Waals surface area contributed by atoms with E-state index in [1.54, 1.807) is 17.0 Å². The van der Waals surface area contributed by atoms with Crippen molar-refractivity contribution in [3.8, 4) is 11.5 Å². The molecule has 0 bridgehead atoms. The van der Waals surface area contributed by atoms with Gasteiger partial charge in [-0.1, -0.05) is 35.9 Å². The van der Waals surface area contributed by atoms with E-state index in [9.17, 15) is 4.79 Å². The number of amides is 2. The van der Waals surface area contributed by atoms with Crippen molar-refractivity contribution in [3.05, 3.63) is 59.3 Å². The topological polar surface area (TPSA) is 66.6 Å². The molecule has 4 rings (SSSR count). The highest BCUT2D eigenvalue weighted by atomic mass is 35.5. The molecule has 0 saturated carbocycles. The highest BCUT2D eigenvalue weighted by Crippen LogP contribution is 2.36. The molecule has 1 aliphatic rings. The summed E-state index contributed by atoms with van der Waals surface area (Å²) in [6.07, 6.45) is 4.93. The van der Waals surface area contributed by atoms with Gasteiger partial charge in [0.25, 0.3) is 0 Å². The Kier molecular flexibility index (Phi) is 5.36. The molecule has 2 heterocycles. The van der Waals surface area contributed by atoms with Crippen molar-refractivity contribution in [2.24, 2.45) is 0 Å². The zero-order chi connectivity index (χ0) is 20.4. The minimum atomic E-state index is -0.196. The lowest BCUT2D eigenvalue weighted by atomic mass is 9.99. The Bertz CT molecular complexity index is 1090. The van der Waals surface area contributed by atoms with Crippen LogP contribution in [-0.4, -0.2) is 43.2 Å². The summed E-state index contributed by atoms with van der Waals surface area (Å²) >= 11 is 6.19. The second kappa shape index (κ2) is 8.09. The third-order valence-electron chi connectivity index (χ3n) is 5.15. The van der Waals surface area contributed by atoms with Crippen molar-refractivity contribution < 1.29 is 14.3 Å². The van der Waals surface area contributed by atoms with E-state index in [0.717, 1.165) is 11.9 Å². The summed E-state index contributed by atoms with van der Waals surface area (Å²) in [7, 11) is 3.07. The predicted molar refractivity (Wildman–Crippen MR) is 116 cm³/mol. The largest absolute Gasteiger partial charge is 0.495 e. The lowest BCUT2D eigenvalue weighted by molar-refractivity contribution is 0.217. The molecule has 150 valence electrons. The number of H-pyrrole nitrogens is 1. The molecule has 0 unspecified atom stereocenters. The number of urea groups is 1. The number of methoxy groups -OCH3 is 2.